The van der Waals surface area contributed by atoms with E-state index in [2.05, 4.69) is 29.4 Å². The van der Waals surface area contributed by atoms with Gasteiger partial charge in [-0.3, -0.25) is 4.84 Å². The monoisotopic (exact) mass is 328 g/mol. The molecule has 1 aromatic rings. The van der Waals surface area contributed by atoms with Crippen molar-refractivity contribution in [1.29, 1.82) is 0 Å². The minimum Gasteiger partial charge on any atom is -0.306 e. The second-order valence-corrected chi connectivity index (χ2v) is 6.97. The summed E-state index contributed by atoms with van der Waals surface area (Å²) in [5.74, 6) is 0.743. The van der Waals surface area contributed by atoms with Gasteiger partial charge in [-0.1, -0.05) is 48.7 Å². The molecule has 4 heteroatoms. The molecule has 1 saturated carbocycles. The van der Waals surface area contributed by atoms with Gasteiger partial charge in [0.15, 0.2) is 0 Å². The largest absolute Gasteiger partial charge is 0.435 e. The van der Waals surface area contributed by atoms with Crippen molar-refractivity contribution in [1.82, 2.24) is 4.90 Å². The van der Waals surface area contributed by atoms with E-state index in [-0.39, 0.29) is 6.09 Å². The standard InChI is InChI=1S/C20H28N2O2/c23-20(22-15-5-2-6-16-22)24-21-14-13-17-9-11-19(12-10-17)18-7-3-1-4-8-18/h9-12,14,18H,1-8,13,15-16H2. The maximum absolute atomic E-state index is 11.8. The lowest BCUT2D eigenvalue weighted by Crippen LogP contribution is -2.35. The molecule has 1 heterocycles. The van der Waals surface area contributed by atoms with Crippen molar-refractivity contribution in [2.24, 2.45) is 5.16 Å². The molecule has 24 heavy (non-hydrogen) atoms. The van der Waals surface area contributed by atoms with Gasteiger partial charge in [0.2, 0.25) is 0 Å². The van der Waals surface area contributed by atoms with Gasteiger partial charge in [-0.05, 0) is 49.1 Å². The van der Waals surface area contributed by atoms with Crippen LogP contribution in [0.1, 0.15) is 68.4 Å². The number of carbonyl (C=O) groups excluding carboxylic acids is 1. The van der Waals surface area contributed by atoms with E-state index in [1.807, 2.05) is 0 Å². The highest BCUT2D eigenvalue weighted by Crippen LogP contribution is 2.32. The zero-order valence-electron chi connectivity index (χ0n) is 14.5. The lowest BCUT2D eigenvalue weighted by atomic mass is 9.84. The first-order valence-corrected chi connectivity index (χ1v) is 9.39. The van der Waals surface area contributed by atoms with Crippen LogP contribution in [0.25, 0.3) is 0 Å². The highest BCUT2D eigenvalue weighted by Gasteiger charge is 2.17. The number of benzene rings is 1. The van der Waals surface area contributed by atoms with Gasteiger partial charge in [-0.15, -0.1) is 0 Å². The zero-order chi connectivity index (χ0) is 16.6. The molecule has 0 bridgehead atoms. The Balaban J connectivity index is 1.43. The highest BCUT2D eigenvalue weighted by atomic mass is 16.7. The highest BCUT2D eigenvalue weighted by molar-refractivity contribution is 5.69. The van der Waals surface area contributed by atoms with E-state index in [1.54, 1.807) is 11.1 Å². The average Bonchev–Trinajstić information content (AvgIpc) is 2.67. The molecule has 0 radical (unpaired) electrons. The number of rotatable bonds is 4. The van der Waals surface area contributed by atoms with Crippen LogP contribution in [0.3, 0.4) is 0 Å². The minimum absolute atomic E-state index is 0.321. The molecule has 3 rings (SSSR count). The molecule has 1 aromatic carbocycles. The second kappa shape index (κ2) is 8.86. The zero-order valence-corrected chi connectivity index (χ0v) is 14.5. The van der Waals surface area contributed by atoms with E-state index in [0.29, 0.717) is 6.42 Å². The van der Waals surface area contributed by atoms with E-state index in [9.17, 15) is 4.79 Å². The third-order valence-electron chi connectivity index (χ3n) is 5.20. The number of amides is 1. The normalized spacial score (nSPS) is 19.6. The summed E-state index contributed by atoms with van der Waals surface area (Å²) in [5.41, 5.74) is 2.67. The number of nitrogens with zero attached hydrogens (tertiary/aromatic N) is 2. The van der Waals surface area contributed by atoms with Gasteiger partial charge in [-0.25, -0.2) is 4.79 Å². The Hall–Kier alpha value is -1.84. The quantitative estimate of drug-likeness (QED) is 0.449. The SMILES string of the molecule is O=C(ON=CCc1ccc(C2CCCCC2)cc1)N1CCCCC1. The summed E-state index contributed by atoms with van der Waals surface area (Å²) in [5, 5.41) is 3.84. The van der Waals surface area contributed by atoms with Gasteiger partial charge < -0.3 is 4.90 Å². The van der Waals surface area contributed by atoms with Crippen LogP contribution in [0.2, 0.25) is 0 Å². The summed E-state index contributed by atoms with van der Waals surface area (Å²) < 4.78 is 0. The molecular weight excluding hydrogens is 300 g/mol. The van der Waals surface area contributed by atoms with Gasteiger partial charge in [0, 0.05) is 25.7 Å². The predicted molar refractivity (Wildman–Crippen MR) is 96.4 cm³/mol. The van der Waals surface area contributed by atoms with Crippen molar-refractivity contribution >= 4 is 12.3 Å². The van der Waals surface area contributed by atoms with Crippen molar-refractivity contribution in [3.63, 3.8) is 0 Å². The van der Waals surface area contributed by atoms with Crippen LogP contribution in [0.4, 0.5) is 4.79 Å². The van der Waals surface area contributed by atoms with Gasteiger partial charge in [-0.2, -0.15) is 0 Å². The Kier molecular flexibility index (Phi) is 6.27. The molecule has 2 fully saturated rings. The van der Waals surface area contributed by atoms with Crippen LogP contribution in [-0.4, -0.2) is 30.3 Å². The topological polar surface area (TPSA) is 41.9 Å². The van der Waals surface area contributed by atoms with E-state index in [0.717, 1.165) is 31.8 Å². The maximum Gasteiger partial charge on any atom is 0.435 e. The summed E-state index contributed by atoms with van der Waals surface area (Å²) in [6.07, 6.45) is 12.1. The van der Waals surface area contributed by atoms with E-state index < -0.39 is 0 Å². The fourth-order valence-corrected chi connectivity index (χ4v) is 3.72. The molecule has 4 nitrogen and oxygen atoms in total. The maximum atomic E-state index is 11.8. The van der Waals surface area contributed by atoms with Crippen molar-refractivity contribution in [2.45, 2.75) is 63.7 Å². The van der Waals surface area contributed by atoms with E-state index >= 15 is 0 Å². The predicted octanol–water partition coefficient (Wildman–Crippen LogP) is 4.89. The van der Waals surface area contributed by atoms with Crippen molar-refractivity contribution in [3.05, 3.63) is 35.4 Å². The summed E-state index contributed by atoms with van der Waals surface area (Å²) in [6, 6.07) is 8.84. The van der Waals surface area contributed by atoms with Crippen LogP contribution < -0.4 is 0 Å². The molecule has 1 aliphatic heterocycles. The molecule has 0 spiro atoms. The molecule has 0 N–H and O–H groups in total. The summed E-state index contributed by atoms with van der Waals surface area (Å²) in [7, 11) is 0. The summed E-state index contributed by atoms with van der Waals surface area (Å²) in [4.78, 5) is 18.5. The lowest BCUT2D eigenvalue weighted by Gasteiger charge is -2.24. The number of piperidine rings is 1. The number of likely N-dealkylation sites (tertiary alicyclic amines) is 1. The van der Waals surface area contributed by atoms with Crippen LogP contribution in [-0.2, 0) is 11.3 Å². The van der Waals surface area contributed by atoms with Crippen LogP contribution in [0.15, 0.2) is 29.4 Å². The Morgan fingerprint density at radius 2 is 1.71 bits per heavy atom. The Bertz CT molecular complexity index is 541. The molecule has 0 unspecified atom stereocenters. The van der Waals surface area contributed by atoms with Gasteiger partial charge in [0.1, 0.15) is 0 Å². The van der Waals surface area contributed by atoms with Crippen LogP contribution in [0.5, 0.6) is 0 Å². The van der Waals surface area contributed by atoms with Gasteiger partial charge >= 0.3 is 6.09 Å². The van der Waals surface area contributed by atoms with Gasteiger partial charge in [0.25, 0.3) is 0 Å². The molecule has 1 amide bonds. The van der Waals surface area contributed by atoms with E-state index in [4.69, 9.17) is 4.84 Å². The van der Waals surface area contributed by atoms with Gasteiger partial charge in [0.05, 0.1) is 0 Å². The van der Waals surface area contributed by atoms with E-state index in [1.165, 1.54) is 49.7 Å². The van der Waals surface area contributed by atoms with Crippen molar-refractivity contribution in [2.75, 3.05) is 13.1 Å². The number of hydrogen-bond acceptors (Lipinski definition) is 3. The number of oxime groups is 1. The summed E-state index contributed by atoms with van der Waals surface area (Å²) >= 11 is 0. The molecule has 1 saturated heterocycles. The Morgan fingerprint density at radius 1 is 1.04 bits per heavy atom. The number of hydrogen-bond donors (Lipinski definition) is 0. The lowest BCUT2D eigenvalue weighted by molar-refractivity contribution is 0.0985. The number of carbonyl (C=O) groups is 1. The Morgan fingerprint density at radius 3 is 2.42 bits per heavy atom. The fourth-order valence-electron chi connectivity index (χ4n) is 3.72. The third kappa shape index (κ3) is 4.83. The third-order valence-corrected chi connectivity index (χ3v) is 5.20. The molecular formula is C20H28N2O2. The first-order chi connectivity index (χ1) is 11.8. The Labute approximate surface area is 144 Å². The second-order valence-electron chi connectivity index (χ2n) is 6.97. The van der Waals surface area contributed by atoms with Crippen molar-refractivity contribution in [3.8, 4) is 0 Å². The first-order valence-electron chi connectivity index (χ1n) is 9.39. The molecule has 130 valence electrons. The smallest absolute Gasteiger partial charge is 0.306 e. The minimum atomic E-state index is -0.321. The first kappa shape index (κ1) is 17.0. The molecule has 0 aromatic heterocycles. The van der Waals surface area contributed by atoms with Crippen molar-refractivity contribution < 1.29 is 9.63 Å². The molecule has 2 aliphatic rings. The molecule has 0 atom stereocenters. The fraction of sp³-hybridized carbons (Fsp3) is 0.600. The van der Waals surface area contributed by atoms with Crippen LogP contribution >= 0.6 is 0 Å². The molecule has 1 aliphatic carbocycles. The van der Waals surface area contributed by atoms with Crippen LogP contribution in [0, 0.1) is 0 Å². The summed E-state index contributed by atoms with van der Waals surface area (Å²) in [6.45, 7) is 1.58. The average molecular weight is 328 g/mol.